The number of furan rings is 1. The maximum atomic E-state index is 11.9. The highest BCUT2D eigenvalue weighted by Gasteiger charge is 2.09. The Morgan fingerprint density at radius 3 is 2.79 bits per heavy atom. The zero-order valence-electron chi connectivity index (χ0n) is 10.6. The molecule has 5 heteroatoms. The summed E-state index contributed by atoms with van der Waals surface area (Å²) < 4.78 is 6.28. The van der Waals surface area contributed by atoms with Gasteiger partial charge in [-0.15, -0.1) is 0 Å². The molecule has 0 saturated carbocycles. The van der Waals surface area contributed by atoms with E-state index < -0.39 is 0 Å². The normalized spacial score (nSPS) is 10.7. The van der Waals surface area contributed by atoms with Crippen molar-refractivity contribution in [2.45, 2.75) is 6.54 Å². The molecule has 100 valence electrons. The summed E-state index contributed by atoms with van der Waals surface area (Å²) in [6.45, 7) is 0.942. The smallest absolute Gasteiger partial charge is 0.238 e. The van der Waals surface area contributed by atoms with Gasteiger partial charge in [0.15, 0.2) is 0 Å². The highest BCUT2D eigenvalue weighted by Crippen LogP contribution is 2.16. The summed E-state index contributed by atoms with van der Waals surface area (Å²) in [4.78, 5) is 13.8. The fraction of sp³-hybridized carbons (Fsp3) is 0.214. The standard InChI is InChI=1S/C14H15IN2O2/c1-17(9-11-5-4-8-19-11)10-14(18)16-13-7-3-2-6-12(13)15/h2-8H,9-10H2,1H3,(H,16,18). The minimum absolute atomic E-state index is 0.0295. The van der Waals surface area contributed by atoms with Crippen LogP contribution in [-0.2, 0) is 11.3 Å². The molecule has 0 saturated heterocycles. The SMILES string of the molecule is CN(CC(=O)Nc1ccccc1I)Cc1ccco1. The molecule has 0 aliphatic heterocycles. The lowest BCUT2D eigenvalue weighted by Gasteiger charge is -2.15. The number of hydrogen-bond donors (Lipinski definition) is 1. The largest absolute Gasteiger partial charge is 0.468 e. The van der Waals surface area contributed by atoms with E-state index in [1.807, 2.05) is 48.3 Å². The molecule has 1 N–H and O–H groups in total. The highest BCUT2D eigenvalue weighted by molar-refractivity contribution is 14.1. The molecule has 1 amide bonds. The molecule has 0 aliphatic carbocycles. The van der Waals surface area contributed by atoms with Crippen LogP contribution in [0.5, 0.6) is 0 Å². The lowest BCUT2D eigenvalue weighted by molar-refractivity contribution is -0.117. The maximum Gasteiger partial charge on any atom is 0.238 e. The molecular formula is C14H15IN2O2. The predicted molar refractivity (Wildman–Crippen MR) is 82.8 cm³/mol. The summed E-state index contributed by atoms with van der Waals surface area (Å²) in [5.41, 5.74) is 0.847. The molecule has 0 radical (unpaired) electrons. The zero-order chi connectivity index (χ0) is 13.7. The van der Waals surface area contributed by atoms with Crippen molar-refractivity contribution in [1.82, 2.24) is 4.90 Å². The van der Waals surface area contributed by atoms with Crippen LogP contribution in [0.25, 0.3) is 0 Å². The van der Waals surface area contributed by atoms with Crippen molar-refractivity contribution >= 4 is 34.2 Å². The zero-order valence-corrected chi connectivity index (χ0v) is 12.8. The molecule has 0 atom stereocenters. The van der Waals surface area contributed by atoms with Gasteiger partial charge in [0.05, 0.1) is 25.0 Å². The Morgan fingerprint density at radius 1 is 1.32 bits per heavy atom. The van der Waals surface area contributed by atoms with Gasteiger partial charge in [-0.3, -0.25) is 9.69 Å². The van der Waals surface area contributed by atoms with Gasteiger partial charge < -0.3 is 9.73 Å². The summed E-state index contributed by atoms with van der Waals surface area (Å²) in [6.07, 6.45) is 1.63. The lowest BCUT2D eigenvalue weighted by Crippen LogP contribution is -2.29. The van der Waals surface area contributed by atoms with Gasteiger partial charge in [-0.05, 0) is 53.9 Å². The maximum absolute atomic E-state index is 11.9. The number of nitrogens with zero attached hydrogens (tertiary/aromatic N) is 1. The van der Waals surface area contributed by atoms with Gasteiger partial charge in [-0.2, -0.15) is 0 Å². The van der Waals surface area contributed by atoms with E-state index in [-0.39, 0.29) is 5.91 Å². The number of benzene rings is 1. The first-order chi connectivity index (χ1) is 9.15. The third kappa shape index (κ3) is 4.36. The van der Waals surface area contributed by atoms with Crippen molar-refractivity contribution in [2.24, 2.45) is 0 Å². The third-order valence-electron chi connectivity index (χ3n) is 2.57. The molecule has 0 spiro atoms. The average Bonchev–Trinajstić information content (AvgIpc) is 2.84. The Balaban J connectivity index is 1.86. The van der Waals surface area contributed by atoms with E-state index in [0.29, 0.717) is 13.1 Å². The Hall–Kier alpha value is -1.34. The van der Waals surface area contributed by atoms with E-state index in [1.54, 1.807) is 6.26 Å². The second kappa shape index (κ2) is 6.72. The van der Waals surface area contributed by atoms with Crippen LogP contribution in [0.15, 0.2) is 47.1 Å². The minimum atomic E-state index is -0.0295. The van der Waals surface area contributed by atoms with E-state index in [4.69, 9.17) is 4.42 Å². The number of likely N-dealkylation sites (N-methyl/N-ethyl adjacent to an activating group) is 1. The fourth-order valence-corrected chi connectivity index (χ4v) is 2.24. The van der Waals surface area contributed by atoms with Crippen molar-refractivity contribution in [3.63, 3.8) is 0 Å². The number of halogens is 1. The number of amides is 1. The number of carbonyl (C=O) groups excluding carboxylic acids is 1. The van der Waals surface area contributed by atoms with Crippen LogP contribution in [-0.4, -0.2) is 24.4 Å². The quantitative estimate of drug-likeness (QED) is 0.824. The molecule has 2 rings (SSSR count). The van der Waals surface area contributed by atoms with E-state index in [9.17, 15) is 4.79 Å². The van der Waals surface area contributed by atoms with E-state index >= 15 is 0 Å². The third-order valence-corrected chi connectivity index (χ3v) is 3.51. The molecule has 1 aromatic carbocycles. The van der Waals surface area contributed by atoms with Crippen LogP contribution in [0.4, 0.5) is 5.69 Å². The minimum Gasteiger partial charge on any atom is -0.468 e. The molecule has 1 aromatic heterocycles. The van der Waals surface area contributed by atoms with Gasteiger partial charge in [0, 0.05) is 3.57 Å². The summed E-state index contributed by atoms with van der Waals surface area (Å²) in [5.74, 6) is 0.822. The van der Waals surface area contributed by atoms with Crippen LogP contribution >= 0.6 is 22.6 Å². The summed E-state index contributed by atoms with van der Waals surface area (Å²) in [6, 6.07) is 11.4. The molecule has 0 unspecified atom stereocenters. The van der Waals surface area contributed by atoms with Crippen LogP contribution in [0.1, 0.15) is 5.76 Å². The second-order valence-electron chi connectivity index (χ2n) is 4.28. The van der Waals surface area contributed by atoms with Crippen molar-refractivity contribution in [3.8, 4) is 0 Å². The van der Waals surface area contributed by atoms with Crippen molar-refractivity contribution < 1.29 is 9.21 Å². The molecular weight excluding hydrogens is 355 g/mol. The average molecular weight is 370 g/mol. The Bertz CT molecular complexity index is 540. The van der Waals surface area contributed by atoms with Crippen LogP contribution in [0.3, 0.4) is 0 Å². The van der Waals surface area contributed by atoms with E-state index in [1.165, 1.54) is 0 Å². The molecule has 4 nitrogen and oxygen atoms in total. The van der Waals surface area contributed by atoms with Gasteiger partial charge in [-0.25, -0.2) is 0 Å². The molecule has 2 aromatic rings. The molecule has 19 heavy (non-hydrogen) atoms. The first-order valence-corrected chi connectivity index (χ1v) is 6.98. The molecule has 0 bridgehead atoms. The van der Waals surface area contributed by atoms with Gasteiger partial charge in [-0.1, -0.05) is 12.1 Å². The van der Waals surface area contributed by atoms with Crippen molar-refractivity contribution in [2.75, 3.05) is 18.9 Å². The Kier molecular flexibility index (Phi) is 4.98. The highest BCUT2D eigenvalue weighted by atomic mass is 127. The number of anilines is 1. The van der Waals surface area contributed by atoms with Gasteiger partial charge in [0.1, 0.15) is 5.76 Å². The molecule has 1 heterocycles. The summed E-state index contributed by atoms with van der Waals surface area (Å²) in [7, 11) is 1.89. The first-order valence-electron chi connectivity index (χ1n) is 5.90. The molecule has 0 fully saturated rings. The monoisotopic (exact) mass is 370 g/mol. The number of nitrogens with one attached hydrogen (secondary N) is 1. The van der Waals surface area contributed by atoms with Crippen molar-refractivity contribution in [1.29, 1.82) is 0 Å². The number of hydrogen-bond acceptors (Lipinski definition) is 3. The Labute approximate surface area is 125 Å². The summed E-state index contributed by atoms with van der Waals surface area (Å²) >= 11 is 2.20. The van der Waals surface area contributed by atoms with Crippen LogP contribution < -0.4 is 5.32 Å². The topological polar surface area (TPSA) is 45.5 Å². The second-order valence-corrected chi connectivity index (χ2v) is 5.44. The van der Waals surface area contributed by atoms with E-state index in [2.05, 4.69) is 27.9 Å². The lowest BCUT2D eigenvalue weighted by atomic mass is 10.3. The van der Waals surface area contributed by atoms with E-state index in [0.717, 1.165) is 15.0 Å². The number of carbonyl (C=O) groups is 1. The number of para-hydroxylation sites is 1. The Morgan fingerprint density at radius 2 is 2.11 bits per heavy atom. The first kappa shape index (κ1) is 14.1. The number of rotatable bonds is 5. The van der Waals surface area contributed by atoms with Gasteiger partial charge >= 0.3 is 0 Å². The predicted octanol–water partition coefficient (Wildman–Crippen LogP) is 2.95. The summed E-state index contributed by atoms with van der Waals surface area (Å²) in [5, 5.41) is 2.90. The van der Waals surface area contributed by atoms with Gasteiger partial charge in [0.2, 0.25) is 5.91 Å². The fourth-order valence-electron chi connectivity index (χ4n) is 1.72. The van der Waals surface area contributed by atoms with Gasteiger partial charge in [0.25, 0.3) is 0 Å². The molecule has 0 aliphatic rings. The van der Waals surface area contributed by atoms with Crippen molar-refractivity contribution in [3.05, 3.63) is 52.0 Å². The van der Waals surface area contributed by atoms with Crippen LogP contribution in [0, 0.1) is 3.57 Å². The van der Waals surface area contributed by atoms with Crippen LogP contribution in [0.2, 0.25) is 0 Å².